The van der Waals surface area contributed by atoms with Crippen LogP contribution in [0.15, 0.2) is 42.5 Å². The molecule has 1 atom stereocenters. The van der Waals surface area contributed by atoms with Gasteiger partial charge in [-0.25, -0.2) is 0 Å². The number of amides is 1. The zero-order chi connectivity index (χ0) is 19.6. The Balaban J connectivity index is 1.26. The molecule has 1 amide bonds. The maximum Gasteiger partial charge on any atom is 0.240 e. The minimum Gasteiger partial charge on any atom is -0.492 e. The average molecular weight is 382 g/mol. The van der Waals surface area contributed by atoms with Crippen LogP contribution in [0.3, 0.4) is 0 Å². The Morgan fingerprint density at radius 3 is 2.71 bits per heavy atom. The third-order valence-corrected chi connectivity index (χ3v) is 5.60. The predicted octanol–water partition coefficient (Wildman–Crippen LogP) is 2.88. The van der Waals surface area contributed by atoms with Crippen molar-refractivity contribution in [3.63, 3.8) is 0 Å². The molecule has 2 aliphatic rings. The fraction of sp³-hybridized carbons (Fsp3) is 0.409. The fourth-order valence-corrected chi connectivity index (χ4v) is 3.55. The summed E-state index contributed by atoms with van der Waals surface area (Å²) in [5, 5.41) is 3.06. The van der Waals surface area contributed by atoms with Gasteiger partial charge in [-0.2, -0.15) is 0 Å². The molecule has 2 aliphatic heterocycles. The number of ether oxygens (including phenoxy) is 3. The van der Waals surface area contributed by atoms with Gasteiger partial charge in [-0.3, -0.25) is 9.69 Å². The number of nitrogens with one attached hydrogen (secondary N) is 1. The van der Waals surface area contributed by atoms with Gasteiger partial charge in [-0.1, -0.05) is 23.8 Å². The lowest BCUT2D eigenvalue weighted by molar-refractivity contribution is -0.141. The first kappa shape index (κ1) is 18.6. The van der Waals surface area contributed by atoms with E-state index in [-0.39, 0.29) is 12.7 Å². The summed E-state index contributed by atoms with van der Waals surface area (Å²) in [6.07, 6.45) is 0.852. The summed E-state index contributed by atoms with van der Waals surface area (Å²) in [6, 6.07) is 13.8. The van der Waals surface area contributed by atoms with Gasteiger partial charge in [-0.15, -0.1) is 0 Å². The van der Waals surface area contributed by atoms with Crippen LogP contribution >= 0.6 is 0 Å². The smallest absolute Gasteiger partial charge is 0.240 e. The lowest BCUT2D eigenvalue weighted by Gasteiger charge is -2.49. The summed E-state index contributed by atoms with van der Waals surface area (Å²) in [7, 11) is 0. The van der Waals surface area contributed by atoms with E-state index in [0.717, 1.165) is 42.3 Å². The van der Waals surface area contributed by atoms with Crippen molar-refractivity contribution < 1.29 is 19.0 Å². The van der Waals surface area contributed by atoms with Crippen LogP contribution in [0.2, 0.25) is 0 Å². The molecule has 2 aromatic carbocycles. The first-order valence-corrected chi connectivity index (χ1v) is 9.66. The Morgan fingerprint density at radius 2 is 1.96 bits per heavy atom. The van der Waals surface area contributed by atoms with E-state index in [1.54, 1.807) is 0 Å². The third-order valence-electron chi connectivity index (χ3n) is 5.60. The summed E-state index contributed by atoms with van der Waals surface area (Å²) in [4.78, 5) is 15.0. The molecule has 28 heavy (non-hydrogen) atoms. The maximum absolute atomic E-state index is 12.8. The highest BCUT2D eigenvalue weighted by atomic mass is 16.7. The summed E-state index contributed by atoms with van der Waals surface area (Å²) in [5.41, 5.74) is 1.73. The van der Waals surface area contributed by atoms with Crippen molar-refractivity contribution >= 4 is 5.91 Å². The molecule has 0 saturated carbocycles. The van der Waals surface area contributed by atoms with Crippen molar-refractivity contribution in [1.82, 2.24) is 10.2 Å². The number of carbonyl (C=O) groups is 1. The Kier molecular flexibility index (Phi) is 5.13. The van der Waals surface area contributed by atoms with E-state index in [9.17, 15) is 4.79 Å². The van der Waals surface area contributed by atoms with E-state index >= 15 is 0 Å². The lowest BCUT2D eigenvalue weighted by Crippen LogP contribution is -2.66. The first-order chi connectivity index (χ1) is 13.5. The Bertz CT molecular complexity index is 852. The largest absolute Gasteiger partial charge is 0.492 e. The molecule has 0 spiro atoms. The zero-order valence-corrected chi connectivity index (χ0v) is 16.4. The molecule has 6 heteroatoms. The van der Waals surface area contributed by atoms with Crippen LogP contribution in [0.5, 0.6) is 17.2 Å². The summed E-state index contributed by atoms with van der Waals surface area (Å²) < 4.78 is 16.5. The minimum absolute atomic E-state index is 0.0479. The van der Waals surface area contributed by atoms with Gasteiger partial charge in [0.1, 0.15) is 12.4 Å². The van der Waals surface area contributed by atoms with Crippen LogP contribution in [0.1, 0.15) is 24.5 Å². The molecule has 1 N–H and O–H groups in total. The number of carbonyl (C=O) groups excluding carboxylic acids is 1. The number of rotatable bonds is 7. The van der Waals surface area contributed by atoms with Gasteiger partial charge >= 0.3 is 0 Å². The van der Waals surface area contributed by atoms with Crippen LogP contribution in [0.4, 0.5) is 0 Å². The highest BCUT2D eigenvalue weighted by Gasteiger charge is 2.46. The van der Waals surface area contributed by atoms with Gasteiger partial charge < -0.3 is 19.5 Å². The normalized spacial score (nSPS) is 20.5. The molecule has 1 unspecified atom stereocenters. The quantitative estimate of drug-likeness (QED) is 0.798. The van der Waals surface area contributed by atoms with Crippen LogP contribution in [-0.4, -0.2) is 42.8 Å². The number of likely N-dealkylation sites (tertiary alicyclic amines) is 1. The summed E-state index contributed by atoms with van der Waals surface area (Å²) >= 11 is 0. The van der Waals surface area contributed by atoms with Gasteiger partial charge in [0.05, 0.1) is 5.54 Å². The van der Waals surface area contributed by atoms with Crippen molar-refractivity contribution in [3.8, 4) is 17.2 Å². The Hall–Kier alpha value is -2.73. The second-order valence-corrected chi connectivity index (χ2v) is 7.54. The van der Waals surface area contributed by atoms with Crippen LogP contribution in [0.25, 0.3) is 0 Å². The van der Waals surface area contributed by atoms with Crippen LogP contribution in [-0.2, 0) is 11.3 Å². The Morgan fingerprint density at radius 1 is 1.18 bits per heavy atom. The highest BCUT2D eigenvalue weighted by molar-refractivity contribution is 5.86. The minimum atomic E-state index is -0.479. The SMILES string of the molecule is Cc1ccc(OCCN2CCC2(C)C(=O)NCc2ccc3c(c2)OCO3)cc1. The number of benzene rings is 2. The van der Waals surface area contributed by atoms with Crippen LogP contribution < -0.4 is 19.5 Å². The Labute approximate surface area is 165 Å². The van der Waals surface area contributed by atoms with E-state index in [4.69, 9.17) is 14.2 Å². The van der Waals surface area contributed by atoms with E-state index < -0.39 is 5.54 Å². The molecule has 4 rings (SSSR count). The number of nitrogens with zero attached hydrogens (tertiary/aromatic N) is 1. The zero-order valence-electron chi connectivity index (χ0n) is 16.4. The van der Waals surface area contributed by atoms with Crippen molar-refractivity contribution in [3.05, 3.63) is 53.6 Å². The number of fused-ring (bicyclic) bond motifs is 1. The van der Waals surface area contributed by atoms with E-state index in [0.29, 0.717) is 13.2 Å². The fourth-order valence-electron chi connectivity index (χ4n) is 3.55. The number of hydrogen-bond acceptors (Lipinski definition) is 5. The van der Waals surface area contributed by atoms with Crippen molar-refractivity contribution in [2.24, 2.45) is 0 Å². The number of aryl methyl sites for hydroxylation is 1. The summed E-state index contributed by atoms with van der Waals surface area (Å²) in [6.45, 7) is 6.97. The second-order valence-electron chi connectivity index (χ2n) is 7.54. The molecule has 1 saturated heterocycles. The molecule has 0 aliphatic carbocycles. The molecule has 0 aromatic heterocycles. The van der Waals surface area contributed by atoms with Crippen molar-refractivity contribution in [1.29, 1.82) is 0 Å². The van der Waals surface area contributed by atoms with Gasteiger partial charge in [0, 0.05) is 19.6 Å². The van der Waals surface area contributed by atoms with E-state index in [2.05, 4.69) is 17.1 Å². The molecule has 0 radical (unpaired) electrons. The van der Waals surface area contributed by atoms with Gasteiger partial charge in [-0.05, 0) is 50.1 Å². The van der Waals surface area contributed by atoms with Gasteiger partial charge in [0.25, 0.3) is 0 Å². The molecule has 0 bridgehead atoms. The summed E-state index contributed by atoms with van der Waals surface area (Å²) in [5.74, 6) is 2.39. The topological polar surface area (TPSA) is 60.0 Å². The van der Waals surface area contributed by atoms with Crippen molar-refractivity contribution in [2.45, 2.75) is 32.4 Å². The molecule has 2 heterocycles. The molecule has 6 nitrogen and oxygen atoms in total. The van der Waals surface area contributed by atoms with Gasteiger partial charge in [0.15, 0.2) is 11.5 Å². The molecule has 148 valence electrons. The standard InChI is InChI=1S/C22H26N2O4/c1-16-3-6-18(7-4-16)26-12-11-24-10-9-22(24,2)21(25)23-14-17-5-8-19-20(13-17)28-15-27-19/h3-8,13H,9-12,14-15H2,1-2H3,(H,23,25). The second kappa shape index (κ2) is 7.72. The third kappa shape index (κ3) is 3.78. The average Bonchev–Trinajstić information content (AvgIpc) is 3.17. The number of hydrogen-bond donors (Lipinski definition) is 1. The predicted molar refractivity (Wildman–Crippen MR) is 106 cm³/mol. The van der Waals surface area contributed by atoms with Crippen LogP contribution in [0, 0.1) is 6.92 Å². The molecular weight excluding hydrogens is 356 g/mol. The van der Waals surface area contributed by atoms with Gasteiger partial charge in [0.2, 0.25) is 12.7 Å². The van der Waals surface area contributed by atoms with Crippen molar-refractivity contribution in [2.75, 3.05) is 26.5 Å². The van der Waals surface area contributed by atoms with E-state index in [1.165, 1.54) is 5.56 Å². The van der Waals surface area contributed by atoms with E-state index in [1.807, 2.05) is 49.4 Å². The molecular formula is C22H26N2O4. The first-order valence-electron chi connectivity index (χ1n) is 9.66. The monoisotopic (exact) mass is 382 g/mol. The maximum atomic E-state index is 12.8. The molecule has 1 fully saturated rings. The lowest BCUT2D eigenvalue weighted by atomic mass is 9.85. The highest BCUT2D eigenvalue weighted by Crippen LogP contribution is 2.33. The molecule has 2 aromatic rings.